The number of pyridine rings is 1. The van der Waals surface area contributed by atoms with Gasteiger partial charge in [0.05, 0.1) is 5.69 Å². The number of H-pyrrole nitrogens is 1. The number of carbonyl (C=O) groups is 1. The van der Waals surface area contributed by atoms with E-state index in [-0.39, 0.29) is 17.9 Å². The van der Waals surface area contributed by atoms with Gasteiger partial charge in [-0.1, -0.05) is 17.7 Å². The maximum absolute atomic E-state index is 12.4. The first-order chi connectivity index (χ1) is 13.8. The zero-order valence-corrected chi connectivity index (χ0v) is 17.7. The van der Waals surface area contributed by atoms with Crippen LogP contribution in [-0.2, 0) is 11.2 Å². The van der Waals surface area contributed by atoms with Crippen LogP contribution in [0.3, 0.4) is 0 Å². The molecule has 0 spiro atoms. The first-order valence-corrected chi connectivity index (χ1v) is 10.1. The fourth-order valence-electron chi connectivity index (χ4n) is 3.31. The fraction of sp³-hybridized carbons (Fsp3) is 0.273. The lowest BCUT2D eigenvalue weighted by Gasteiger charge is -2.10. The standard InChI is InChI=1S/C22H22N4O2S/c1-12-5-6-13(2)17(9-12)19-11-29-22(25-19)26-20(27)8-7-16-14(3)18(10-23)21(28)24-15(16)4/h5-6,9,11H,7-8H2,1-4H3,(H,24,28)(H,25,26,27). The number of thiazole rings is 1. The Labute approximate surface area is 173 Å². The molecule has 0 atom stereocenters. The average molecular weight is 407 g/mol. The Morgan fingerprint density at radius 1 is 1.28 bits per heavy atom. The summed E-state index contributed by atoms with van der Waals surface area (Å²) in [6.07, 6.45) is 0.668. The summed E-state index contributed by atoms with van der Waals surface area (Å²) in [6, 6.07) is 8.14. The van der Waals surface area contributed by atoms with Crippen molar-refractivity contribution in [2.75, 3.05) is 5.32 Å². The lowest BCUT2D eigenvalue weighted by Crippen LogP contribution is -2.18. The highest BCUT2D eigenvalue weighted by Crippen LogP contribution is 2.28. The van der Waals surface area contributed by atoms with Crippen LogP contribution in [0.5, 0.6) is 0 Å². The van der Waals surface area contributed by atoms with Crippen LogP contribution in [0, 0.1) is 39.0 Å². The number of aromatic nitrogens is 2. The largest absolute Gasteiger partial charge is 0.325 e. The highest BCUT2D eigenvalue weighted by Gasteiger charge is 2.14. The molecule has 0 aliphatic carbocycles. The number of aromatic amines is 1. The number of hydrogen-bond donors (Lipinski definition) is 2. The van der Waals surface area contributed by atoms with E-state index in [2.05, 4.69) is 33.5 Å². The SMILES string of the molecule is Cc1ccc(C)c(-c2csc(NC(=O)CCc3c(C)[nH]c(=O)c(C#N)c3C)n2)c1. The van der Waals surface area contributed by atoms with Crippen molar-refractivity contribution in [3.05, 3.63) is 67.4 Å². The quantitative estimate of drug-likeness (QED) is 0.664. The van der Waals surface area contributed by atoms with Gasteiger partial charge in [0.15, 0.2) is 5.13 Å². The molecule has 0 radical (unpaired) electrons. The maximum Gasteiger partial charge on any atom is 0.266 e. The van der Waals surface area contributed by atoms with Crippen LogP contribution < -0.4 is 10.9 Å². The fourth-order valence-corrected chi connectivity index (χ4v) is 4.03. The molecule has 0 fully saturated rings. The van der Waals surface area contributed by atoms with Crippen molar-refractivity contribution in [2.24, 2.45) is 0 Å². The van der Waals surface area contributed by atoms with E-state index in [1.165, 1.54) is 11.3 Å². The van der Waals surface area contributed by atoms with E-state index < -0.39 is 5.56 Å². The van der Waals surface area contributed by atoms with E-state index in [9.17, 15) is 9.59 Å². The van der Waals surface area contributed by atoms with Gasteiger partial charge in [0.25, 0.3) is 5.56 Å². The van der Waals surface area contributed by atoms with E-state index in [4.69, 9.17) is 5.26 Å². The normalized spacial score (nSPS) is 10.6. The van der Waals surface area contributed by atoms with Crippen molar-refractivity contribution in [3.8, 4) is 17.3 Å². The Kier molecular flexibility index (Phi) is 5.95. The minimum Gasteiger partial charge on any atom is -0.325 e. The predicted octanol–water partition coefficient (Wildman–Crippen LogP) is 4.18. The van der Waals surface area contributed by atoms with Gasteiger partial charge in [-0.15, -0.1) is 11.3 Å². The Morgan fingerprint density at radius 2 is 2.03 bits per heavy atom. The number of nitrogens with zero attached hydrogens (tertiary/aromatic N) is 2. The van der Waals surface area contributed by atoms with Gasteiger partial charge in [-0.25, -0.2) is 4.98 Å². The zero-order valence-electron chi connectivity index (χ0n) is 16.8. The molecule has 2 N–H and O–H groups in total. The minimum atomic E-state index is -0.391. The average Bonchev–Trinajstić information content (AvgIpc) is 3.11. The molecule has 2 heterocycles. The monoisotopic (exact) mass is 406 g/mol. The highest BCUT2D eigenvalue weighted by molar-refractivity contribution is 7.14. The van der Waals surface area contributed by atoms with Gasteiger partial charge in [0.2, 0.25) is 5.91 Å². The third kappa shape index (κ3) is 4.44. The third-order valence-corrected chi connectivity index (χ3v) is 5.70. The van der Waals surface area contributed by atoms with Gasteiger partial charge in [-0.05, 0) is 56.9 Å². The molecule has 0 saturated heterocycles. The first kappa shape index (κ1) is 20.5. The van der Waals surface area contributed by atoms with Gasteiger partial charge >= 0.3 is 0 Å². The number of rotatable bonds is 5. The van der Waals surface area contributed by atoms with Crippen LogP contribution in [0.2, 0.25) is 0 Å². The van der Waals surface area contributed by atoms with E-state index in [0.29, 0.717) is 22.8 Å². The summed E-state index contributed by atoms with van der Waals surface area (Å²) < 4.78 is 0. The van der Waals surface area contributed by atoms with Crippen molar-refractivity contribution in [1.29, 1.82) is 5.26 Å². The van der Waals surface area contributed by atoms with E-state index >= 15 is 0 Å². The molecular weight excluding hydrogens is 384 g/mol. The lowest BCUT2D eigenvalue weighted by molar-refractivity contribution is -0.116. The molecule has 148 valence electrons. The Balaban J connectivity index is 1.70. The van der Waals surface area contributed by atoms with Gasteiger partial charge in [0.1, 0.15) is 11.6 Å². The van der Waals surface area contributed by atoms with Gasteiger partial charge < -0.3 is 10.3 Å². The molecule has 0 unspecified atom stereocenters. The van der Waals surface area contributed by atoms with Crippen LogP contribution in [0.15, 0.2) is 28.4 Å². The molecular formula is C22H22N4O2S. The number of carbonyl (C=O) groups excluding carboxylic acids is 1. The molecule has 3 aromatic rings. The minimum absolute atomic E-state index is 0.101. The number of nitrogens with one attached hydrogen (secondary N) is 2. The second-order valence-corrected chi connectivity index (χ2v) is 7.93. The molecule has 0 aliphatic rings. The van der Waals surface area contributed by atoms with Crippen LogP contribution in [0.4, 0.5) is 5.13 Å². The number of amides is 1. The summed E-state index contributed by atoms with van der Waals surface area (Å²) in [5.74, 6) is -0.157. The van der Waals surface area contributed by atoms with Crippen LogP contribution in [-0.4, -0.2) is 15.9 Å². The van der Waals surface area contributed by atoms with E-state index in [1.54, 1.807) is 13.8 Å². The van der Waals surface area contributed by atoms with Crippen molar-refractivity contribution in [3.63, 3.8) is 0 Å². The molecule has 6 nitrogen and oxygen atoms in total. The van der Waals surface area contributed by atoms with E-state index in [1.807, 2.05) is 25.3 Å². The summed E-state index contributed by atoms with van der Waals surface area (Å²) >= 11 is 1.39. The Morgan fingerprint density at radius 3 is 2.76 bits per heavy atom. The summed E-state index contributed by atoms with van der Waals surface area (Å²) in [4.78, 5) is 31.5. The van der Waals surface area contributed by atoms with Gasteiger partial charge in [-0.2, -0.15) is 5.26 Å². The van der Waals surface area contributed by atoms with Crippen molar-refractivity contribution in [1.82, 2.24) is 9.97 Å². The lowest BCUT2D eigenvalue weighted by atomic mass is 9.99. The van der Waals surface area contributed by atoms with E-state index in [0.717, 1.165) is 27.9 Å². The van der Waals surface area contributed by atoms with Gasteiger partial charge in [-0.3, -0.25) is 9.59 Å². The molecule has 0 bridgehead atoms. The predicted molar refractivity (Wildman–Crippen MR) is 115 cm³/mol. The highest BCUT2D eigenvalue weighted by atomic mass is 32.1. The molecule has 29 heavy (non-hydrogen) atoms. The molecule has 7 heteroatoms. The van der Waals surface area contributed by atoms with Crippen LogP contribution >= 0.6 is 11.3 Å². The molecule has 0 aliphatic heterocycles. The van der Waals surface area contributed by atoms with Crippen LogP contribution in [0.25, 0.3) is 11.3 Å². The Bertz CT molecular complexity index is 1180. The second kappa shape index (κ2) is 8.41. The van der Waals surface area contributed by atoms with Crippen molar-refractivity contribution in [2.45, 2.75) is 40.5 Å². The summed E-state index contributed by atoms with van der Waals surface area (Å²) in [6.45, 7) is 7.60. The summed E-state index contributed by atoms with van der Waals surface area (Å²) in [5, 5.41) is 14.5. The topological polar surface area (TPSA) is 98.6 Å². The molecule has 1 aromatic carbocycles. The first-order valence-electron chi connectivity index (χ1n) is 9.25. The smallest absolute Gasteiger partial charge is 0.266 e. The van der Waals surface area contributed by atoms with Crippen molar-refractivity contribution >= 4 is 22.4 Å². The van der Waals surface area contributed by atoms with Crippen molar-refractivity contribution < 1.29 is 4.79 Å². The molecule has 3 rings (SSSR count). The third-order valence-electron chi connectivity index (χ3n) is 4.94. The molecule has 0 saturated carbocycles. The zero-order chi connectivity index (χ0) is 21.1. The number of nitriles is 1. The van der Waals surface area contributed by atoms with Gasteiger partial charge in [0, 0.05) is 23.1 Å². The van der Waals surface area contributed by atoms with Crippen LogP contribution in [0.1, 0.15) is 39.9 Å². The number of hydrogen-bond acceptors (Lipinski definition) is 5. The molecule has 1 amide bonds. The Hall–Kier alpha value is -3.24. The second-order valence-electron chi connectivity index (χ2n) is 7.07. The summed E-state index contributed by atoms with van der Waals surface area (Å²) in [7, 11) is 0. The summed E-state index contributed by atoms with van der Waals surface area (Å²) in [5.41, 5.74) is 6.05. The number of aryl methyl sites for hydroxylation is 3. The number of anilines is 1. The number of benzene rings is 1. The molecule has 2 aromatic heterocycles. The maximum atomic E-state index is 12.4.